The number of aliphatic carboxylic acids is 1. The first-order chi connectivity index (χ1) is 8.58. The lowest BCUT2D eigenvalue weighted by molar-refractivity contribution is -0.137. The number of carboxylic acid groups (broad SMARTS) is 1. The Morgan fingerprint density at radius 1 is 1.50 bits per heavy atom. The van der Waals surface area contributed by atoms with Crippen molar-refractivity contribution in [2.75, 3.05) is 5.32 Å². The number of hydrogen-bond acceptors (Lipinski definition) is 4. The fourth-order valence-corrected chi connectivity index (χ4v) is 2.61. The summed E-state index contributed by atoms with van der Waals surface area (Å²) in [5.74, 6) is 0.212. The fraction of sp³-hybridized carbons (Fsp3) is 0.385. The predicted octanol–water partition coefficient (Wildman–Crippen LogP) is 3.21. The molecule has 0 radical (unpaired) electrons. The highest BCUT2D eigenvalue weighted by Crippen LogP contribution is 2.27. The molecule has 2 rings (SSSR count). The number of aromatic nitrogens is 1. The van der Waals surface area contributed by atoms with Crippen LogP contribution < -0.4 is 5.32 Å². The second-order valence-corrected chi connectivity index (χ2v) is 5.53. The van der Waals surface area contributed by atoms with E-state index in [1.165, 1.54) is 0 Å². The van der Waals surface area contributed by atoms with Gasteiger partial charge in [0.1, 0.15) is 5.82 Å². The molecule has 0 aromatic carbocycles. The van der Waals surface area contributed by atoms with Gasteiger partial charge in [0.05, 0.1) is 6.42 Å². The van der Waals surface area contributed by atoms with Crippen molar-refractivity contribution >= 4 is 33.2 Å². The molecule has 0 bridgehead atoms. The molecule has 0 fully saturated rings. The van der Waals surface area contributed by atoms with E-state index in [9.17, 15) is 4.79 Å². The van der Waals surface area contributed by atoms with Gasteiger partial charge in [0.2, 0.25) is 0 Å². The average molecular weight is 264 g/mol. The van der Waals surface area contributed by atoms with Crippen molar-refractivity contribution in [2.24, 2.45) is 5.92 Å². The summed E-state index contributed by atoms with van der Waals surface area (Å²) in [4.78, 5) is 15.2. The zero-order chi connectivity index (χ0) is 13.1. The molecule has 1 atom stereocenters. The van der Waals surface area contributed by atoms with E-state index in [1.807, 2.05) is 31.4 Å². The molecule has 2 heterocycles. The van der Waals surface area contributed by atoms with Gasteiger partial charge in [-0.15, -0.1) is 11.3 Å². The molecule has 0 saturated heterocycles. The van der Waals surface area contributed by atoms with Crippen molar-refractivity contribution in [3.8, 4) is 0 Å². The third kappa shape index (κ3) is 2.79. The summed E-state index contributed by atoms with van der Waals surface area (Å²) in [5.41, 5.74) is 0. The van der Waals surface area contributed by atoms with Gasteiger partial charge < -0.3 is 10.4 Å². The minimum Gasteiger partial charge on any atom is -0.481 e. The van der Waals surface area contributed by atoms with Crippen LogP contribution in [0.15, 0.2) is 23.7 Å². The highest BCUT2D eigenvalue weighted by molar-refractivity contribution is 7.17. The number of fused-ring (bicyclic) bond motifs is 1. The minimum absolute atomic E-state index is 0.0971. The number of rotatable bonds is 5. The van der Waals surface area contributed by atoms with E-state index in [4.69, 9.17) is 5.11 Å². The van der Waals surface area contributed by atoms with Gasteiger partial charge >= 0.3 is 5.97 Å². The van der Waals surface area contributed by atoms with Crippen molar-refractivity contribution in [1.29, 1.82) is 0 Å². The third-order valence-corrected chi connectivity index (χ3v) is 3.78. The van der Waals surface area contributed by atoms with Crippen LogP contribution in [-0.2, 0) is 4.79 Å². The quantitative estimate of drug-likeness (QED) is 0.870. The van der Waals surface area contributed by atoms with Crippen LogP contribution in [0.5, 0.6) is 0 Å². The molecular weight excluding hydrogens is 248 g/mol. The number of nitrogens with one attached hydrogen (secondary N) is 1. The Morgan fingerprint density at radius 3 is 2.94 bits per heavy atom. The summed E-state index contributed by atoms with van der Waals surface area (Å²) in [6, 6.07) is 3.86. The number of carbonyl (C=O) groups is 1. The molecule has 18 heavy (non-hydrogen) atoms. The van der Waals surface area contributed by atoms with Crippen LogP contribution in [0.1, 0.15) is 20.3 Å². The van der Waals surface area contributed by atoms with E-state index in [2.05, 4.69) is 10.3 Å². The van der Waals surface area contributed by atoms with Crippen molar-refractivity contribution in [3.63, 3.8) is 0 Å². The minimum atomic E-state index is -0.793. The second-order valence-electron chi connectivity index (χ2n) is 4.58. The maximum Gasteiger partial charge on any atom is 0.305 e. The summed E-state index contributed by atoms with van der Waals surface area (Å²) in [7, 11) is 0. The van der Waals surface area contributed by atoms with Gasteiger partial charge in [0.25, 0.3) is 0 Å². The van der Waals surface area contributed by atoms with Gasteiger partial charge in [-0.25, -0.2) is 4.98 Å². The molecule has 2 N–H and O–H groups in total. The zero-order valence-electron chi connectivity index (χ0n) is 10.4. The zero-order valence-corrected chi connectivity index (χ0v) is 11.2. The van der Waals surface area contributed by atoms with Gasteiger partial charge in [-0.05, 0) is 23.4 Å². The summed E-state index contributed by atoms with van der Waals surface area (Å²) in [5, 5.41) is 15.2. The van der Waals surface area contributed by atoms with Crippen LogP contribution >= 0.6 is 11.3 Å². The summed E-state index contributed by atoms with van der Waals surface area (Å²) < 4.78 is 1.16. The van der Waals surface area contributed by atoms with Crippen molar-refractivity contribution in [1.82, 2.24) is 4.98 Å². The van der Waals surface area contributed by atoms with E-state index in [1.54, 1.807) is 17.5 Å². The molecule has 0 aliphatic rings. The van der Waals surface area contributed by atoms with E-state index in [0.717, 1.165) is 15.9 Å². The molecule has 96 valence electrons. The molecule has 4 nitrogen and oxygen atoms in total. The normalized spacial score (nSPS) is 12.8. The SMILES string of the molecule is CC(C)C(CC(=O)O)Nc1nccc2sccc12. The van der Waals surface area contributed by atoms with Crippen LogP contribution in [-0.4, -0.2) is 22.1 Å². The molecule has 0 amide bonds. The van der Waals surface area contributed by atoms with Gasteiger partial charge in [0.15, 0.2) is 0 Å². The Kier molecular flexibility index (Phi) is 3.81. The van der Waals surface area contributed by atoms with Gasteiger partial charge in [-0.3, -0.25) is 4.79 Å². The Labute approximate surface area is 110 Å². The standard InChI is InChI=1S/C13H16N2O2S/c1-8(2)10(7-12(16)17)15-13-9-4-6-18-11(9)3-5-14-13/h3-6,8,10H,7H2,1-2H3,(H,14,15)(H,16,17). The molecule has 2 aromatic rings. The van der Waals surface area contributed by atoms with Crippen molar-refractivity contribution in [2.45, 2.75) is 26.3 Å². The lowest BCUT2D eigenvalue weighted by atomic mass is 10.0. The number of carboxylic acids is 1. The first-order valence-corrected chi connectivity index (χ1v) is 6.76. The Morgan fingerprint density at radius 2 is 2.28 bits per heavy atom. The summed E-state index contributed by atoms with van der Waals surface area (Å²) in [6.45, 7) is 4.02. The smallest absolute Gasteiger partial charge is 0.305 e. The lowest BCUT2D eigenvalue weighted by Gasteiger charge is -2.21. The lowest BCUT2D eigenvalue weighted by Crippen LogP contribution is -2.29. The van der Waals surface area contributed by atoms with E-state index in [-0.39, 0.29) is 18.4 Å². The van der Waals surface area contributed by atoms with Gasteiger partial charge in [0, 0.05) is 22.3 Å². The van der Waals surface area contributed by atoms with Gasteiger partial charge in [-0.1, -0.05) is 13.8 Å². The van der Waals surface area contributed by atoms with Crippen molar-refractivity contribution in [3.05, 3.63) is 23.7 Å². The van der Waals surface area contributed by atoms with Gasteiger partial charge in [-0.2, -0.15) is 0 Å². The highest BCUT2D eigenvalue weighted by Gasteiger charge is 2.18. The maximum atomic E-state index is 10.9. The molecule has 0 saturated carbocycles. The number of anilines is 1. The Balaban J connectivity index is 2.25. The number of thiophene rings is 1. The molecule has 5 heteroatoms. The van der Waals surface area contributed by atoms with Crippen LogP contribution in [0.3, 0.4) is 0 Å². The number of nitrogens with zero attached hydrogens (tertiary/aromatic N) is 1. The fourth-order valence-electron chi connectivity index (χ4n) is 1.83. The van der Waals surface area contributed by atoms with Crippen LogP contribution in [0, 0.1) is 5.92 Å². The first kappa shape index (κ1) is 12.8. The molecular formula is C13H16N2O2S. The molecule has 2 aromatic heterocycles. The average Bonchev–Trinajstić information content (AvgIpc) is 2.76. The first-order valence-electron chi connectivity index (χ1n) is 5.88. The second kappa shape index (κ2) is 5.35. The molecule has 0 aliphatic carbocycles. The third-order valence-electron chi connectivity index (χ3n) is 2.90. The van der Waals surface area contributed by atoms with E-state index in [0.29, 0.717) is 0 Å². The van der Waals surface area contributed by atoms with Crippen LogP contribution in [0.25, 0.3) is 10.1 Å². The number of pyridine rings is 1. The Hall–Kier alpha value is -1.62. The maximum absolute atomic E-state index is 10.9. The van der Waals surface area contributed by atoms with E-state index < -0.39 is 5.97 Å². The molecule has 0 aliphatic heterocycles. The topological polar surface area (TPSA) is 62.2 Å². The summed E-state index contributed by atoms with van der Waals surface area (Å²) in [6.07, 6.45) is 1.85. The predicted molar refractivity (Wildman–Crippen MR) is 74.1 cm³/mol. The van der Waals surface area contributed by atoms with Crippen LogP contribution in [0.2, 0.25) is 0 Å². The highest BCUT2D eigenvalue weighted by atomic mass is 32.1. The van der Waals surface area contributed by atoms with Crippen molar-refractivity contribution < 1.29 is 9.90 Å². The molecule has 1 unspecified atom stereocenters. The summed E-state index contributed by atoms with van der Waals surface area (Å²) >= 11 is 1.65. The van der Waals surface area contributed by atoms with E-state index >= 15 is 0 Å². The van der Waals surface area contributed by atoms with Crippen LogP contribution in [0.4, 0.5) is 5.82 Å². The number of hydrogen-bond donors (Lipinski definition) is 2. The Bertz CT molecular complexity index is 551. The molecule has 0 spiro atoms. The largest absolute Gasteiger partial charge is 0.481 e. The monoisotopic (exact) mass is 264 g/mol.